The number of nitrogens with zero attached hydrogens (tertiary/aromatic N) is 1. The molecule has 0 aliphatic rings. The van der Waals surface area contributed by atoms with E-state index >= 15 is 0 Å². The summed E-state index contributed by atoms with van der Waals surface area (Å²) in [6.45, 7) is 0. The monoisotopic (exact) mass is 371 g/mol. The molecular formula is C17H10INO. The summed E-state index contributed by atoms with van der Waals surface area (Å²) in [6.07, 6.45) is 0. The largest absolute Gasteiger partial charge is 0.355 e. The van der Waals surface area contributed by atoms with Gasteiger partial charge < -0.3 is 4.52 Å². The molecule has 0 amide bonds. The molecule has 20 heavy (non-hydrogen) atoms. The zero-order chi connectivity index (χ0) is 13.5. The lowest BCUT2D eigenvalue weighted by atomic mass is 10.0. The molecule has 4 aromatic rings. The summed E-state index contributed by atoms with van der Waals surface area (Å²) in [6, 6.07) is 20.7. The Bertz CT molecular complexity index is 921. The van der Waals surface area contributed by atoms with E-state index in [0.29, 0.717) is 0 Å². The van der Waals surface area contributed by atoms with E-state index in [1.54, 1.807) is 0 Å². The molecule has 4 rings (SSSR count). The molecule has 3 aromatic carbocycles. The second-order valence-corrected chi connectivity index (χ2v) is 5.95. The van der Waals surface area contributed by atoms with E-state index < -0.39 is 0 Å². The van der Waals surface area contributed by atoms with Gasteiger partial charge in [0.15, 0.2) is 5.76 Å². The Morgan fingerprint density at radius 3 is 2.65 bits per heavy atom. The number of hydrogen-bond donors (Lipinski definition) is 0. The maximum atomic E-state index is 5.61. The van der Waals surface area contributed by atoms with Crippen molar-refractivity contribution in [1.82, 2.24) is 5.16 Å². The molecule has 0 saturated heterocycles. The van der Waals surface area contributed by atoms with Crippen molar-refractivity contribution in [3.8, 4) is 11.3 Å². The fourth-order valence-corrected chi connectivity index (χ4v) is 3.02. The Labute approximate surface area is 129 Å². The predicted octanol–water partition coefficient (Wildman–Crippen LogP) is 5.25. The van der Waals surface area contributed by atoms with Gasteiger partial charge in [0.05, 0.1) is 5.39 Å². The Hall–Kier alpha value is -1.88. The maximum Gasteiger partial charge on any atom is 0.175 e. The highest BCUT2D eigenvalue weighted by molar-refractivity contribution is 14.1. The van der Waals surface area contributed by atoms with Crippen molar-refractivity contribution in [2.24, 2.45) is 0 Å². The first-order valence-corrected chi connectivity index (χ1v) is 7.44. The molecule has 0 spiro atoms. The van der Waals surface area contributed by atoms with Crippen molar-refractivity contribution in [1.29, 1.82) is 0 Å². The van der Waals surface area contributed by atoms with Crippen LogP contribution in [0.3, 0.4) is 0 Å². The van der Waals surface area contributed by atoms with E-state index in [9.17, 15) is 0 Å². The molecule has 0 aliphatic carbocycles. The predicted molar refractivity (Wildman–Crippen MR) is 89.7 cm³/mol. The molecule has 1 heterocycles. The molecule has 0 N–H and O–H groups in total. The van der Waals surface area contributed by atoms with Gasteiger partial charge >= 0.3 is 0 Å². The van der Waals surface area contributed by atoms with Gasteiger partial charge in [0.25, 0.3) is 0 Å². The van der Waals surface area contributed by atoms with Crippen LogP contribution in [0.2, 0.25) is 0 Å². The molecule has 0 atom stereocenters. The first kappa shape index (κ1) is 11.9. The van der Waals surface area contributed by atoms with Gasteiger partial charge in [-0.05, 0) is 51.6 Å². The van der Waals surface area contributed by atoms with Crippen LogP contribution in [0.4, 0.5) is 0 Å². The quantitative estimate of drug-likeness (QED) is 0.427. The smallest absolute Gasteiger partial charge is 0.175 e. The second kappa shape index (κ2) is 4.59. The zero-order valence-corrected chi connectivity index (χ0v) is 12.7. The standard InChI is InChI=1S/C17H10INO/c18-12-8-9-16-15(10-12)17(20-19-16)14-7-3-5-11-4-1-2-6-13(11)14/h1-10H. The van der Waals surface area contributed by atoms with Crippen LogP contribution in [0.25, 0.3) is 33.0 Å². The van der Waals surface area contributed by atoms with E-state index in [-0.39, 0.29) is 0 Å². The lowest BCUT2D eigenvalue weighted by Crippen LogP contribution is -1.80. The summed E-state index contributed by atoms with van der Waals surface area (Å²) < 4.78 is 6.79. The van der Waals surface area contributed by atoms with Gasteiger partial charge in [-0.2, -0.15) is 0 Å². The van der Waals surface area contributed by atoms with Crippen LogP contribution in [-0.2, 0) is 0 Å². The maximum absolute atomic E-state index is 5.61. The molecule has 0 bridgehead atoms. The third-order valence-corrected chi connectivity index (χ3v) is 4.14. The van der Waals surface area contributed by atoms with Crippen LogP contribution in [0.15, 0.2) is 65.2 Å². The first-order valence-electron chi connectivity index (χ1n) is 6.36. The number of fused-ring (bicyclic) bond motifs is 2. The van der Waals surface area contributed by atoms with Crippen molar-refractivity contribution in [3.63, 3.8) is 0 Å². The fraction of sp³-hybridized carbons (Fsp3) is 0. The minimum Gasteiger partial charge on any atom is -0.355 e. The Balaban J connectivity index is 2.09. The topological polar surface area (TPSA) is 26.0 Å². The average molecular weight is 371 g/mol. The highest BCUT2D eigenvalue weighted by atomic mass is 127. The van der Waals surface area contributed by atoms with Crippen molar-refractivity contribution in [3.05, 3.63) is 64.2 Å². The minimum absolute atomic E-state index is 0.843. The average Bonchev–Trinajstić information content (AvgIpc) is 2.89. The van der Waals surface area contributed by atoms with Gasteiger partial charge in [0.1, 0.15) is 5.52 Å². The van der Waals surface area contributed by atoms with Gasteiger partial charge in [-0.1, -0.05) is 47.6 Å². The van der Waals surface area contributed by atoms with Crippen LogP contribution in [-0.4, -0.2) is 5.16 Å². The van der Waals surface area contributed by atoms with Crippen LogP contribution in [0.5, 0.6) is 0 Å². The number of halogens is 1. The van der Waals surface area contributed by atoms with Crippen molar-refractivity contribution >= 4 is 44.3 Å². The van der Waals surface area contributed by atoms with Gasteiger partial charge in [0, 0.05) is 9.13 Å². The highest BCUT2D eigenvalue weighted by Crippen LogP contribution is 2.34. The van der Waals surface area contributed by atoms with E-state index in [2.05, 4.69) is 64.1 Å². The normalized spacial score (nSPS) is 11.2. The van der Waals surface area contributed by atoms with Crippen molar-refractivity contribution in [2.75, 3.05) is 0 Å². The number of benzene rings is 3. The summed E-state index contributed by atoms with van der Waals surface area (Å²) in [5.41, 5.74) is 1.99. The summed E-state index contributed by atoms with van der Waals surface area (Å²) in [7, 11) is 0. The zero-order valence-electron chi connectivity index (χ0n) is 10.5. The third-order valence-electron chi connectivity index (χ3n) is 3.47. The Morgan fingerprint density at radius 2 is 1.70 bits per heavy atom. The summed E-state index contributed by atoms with van der Waals surface area (Å²) >= 11 is 2.31. The summed E-state index contributed by atoms with van der Waals surface area (Å²) in [5, 5.41) is 7.62. The lowest BCUT2D eigenvalue weighted by molar-refractivity contribution is 0.441. The molecule has 0 saturated carbocycles. The number of rotatable bonds is 1. The summed E-state index contributed by atoms with van der Waals surface area (Å²) in [5.74, 6) is 0.843. The fourth-order valence-electron chi connectivity index (χ4n) is 2.53. The minimum atomic E-state index is 0.843. The highest BCUT2D eigenvalue weighted by Gasteiger charge is 2.13. The molecule has 96 valence electrons. The Morgan fingerprint density at radius 1 is 0.850 bits per heavy atom. The molecule has 0 fully saturated rings. The molecule has 3 heteroatoms. The van der Waals surface area contributed by atoms with Gasteiger partial charge in [-0.25, -0.2) is 0 Å². The number of hydrogen-bond acceptors (Lipinski definition) is 2. The van der Waals surface area contributed by atoms with E-state index in [0.717, 1.165) is 22.2 Å². The van der Waals surface area contributed by atoms with Gasteiger partial charge in [-0.15, -0.1) is 0 Å². The Kier molecular flexibility index (Phi) is 2.73. The second-order valence-electron chi connectivity index (χ2n) is 4.70. The van der Waals surface area contributed by atoms with Crippen LogP contribution in [0.1, 0.15) is 0 Å². The van der Waals surface area contributed by atoms with Crippen molar-refractivity contribution in [2.45, 2.75) is 0 Å². The van der Waals surface area contributed by atoms with Crippen LogP contribution < -0.4 is 0 Å². The molecule has 0 aliphatic heterocycles. The van der Waals surface area contributed by atoms with E-state index in [1.807, 2.05) is 24.3 Å². The van der Waals surface area contributed by atoms with Crippen LogP contribution in [0, 0.1) is 3.57 Å². The van der Waals surface area contributed by atoms with E-state index in [1.165, 1.54) is 14.3 Å². The molecular weight excluding hydrogens is 361 g/mol. The number of aromatic nitrogens is 1. The molecule has 1 aromatic heterocycles. The van der Waals surface area contributed by atoms with Crippen LogP contribution >= 0.6 is 22.6 Å². The molecule has 0 unspecified atom stereocenters. The lowest BCUT2D eigenvalue weighted by Gasteiger charge is -2.03. The summed E-state index contributed by atoms with van der Waals surface area (Å²) in [4.78, 5) is 0. The molecule has 2 nitrogen and oxygen atoms in total. The SMILES string of the molecule is Ic1ccc2noc(-c3cccc4ccccc34)c2c1. The van der Waals surface area contributed by atoms with E-state index in [4.69, 9.17) is 4.52 Å². The van der Waals surface area contributed by atoms with Crippen molar-refractivity contribution < 1.29 is 4.52 Å². The third kappa shape index (κ3) is 1.81. The van der Waals surface area contributed by atoms with Gasteiger partial charge in [-0.3, -0.25) is 0 Å². The molecule has 0 radical (unpaired) electrons. The first-order chi connectivity index (χ1) is 9.83. The van der Waals surface area contributed by atoms with Gasteiger partial charge in [0.2, 0.25) is 0 Å².